The number of sulfonamides is 1. The third kappa shape index (κ3) is 3.73. The molecule has 0 aliphatic carbocycles. The van der Waals surface area contributed by atoms with Crippen LogP contribution in [0.25, 0.3) is 0 Å². The van der Waals surface area contributed by atoms with Crippen LogP contribution in [0.4, 0.5) is 5.69 Å². The number of hydrogen-bond acceptors (Lipinski definition) is 4. The van der Waals surface area contributed by atoms with E-state index in [2.05, 4.69) is 4.72 Å². The summed E-state index contributed by atoms with van der Waals surface area (Å²) in [4.78, 5) is 1.23. The van der Waals surface area contributed by atoms with Crippen molar-refractivity contribution in [3.8, 4) is 0 Å². The monoisotopic (exact) mass is 330 g/mol. The fourth-order valence-electron chi connectivity index (χ4n) is 1.66. The molecule has 0 aliphatic rings. The van der Waals surface area contributed by atoms with Gasteiger partial charge in [0.25, 0.3) is 0 Å². The molecule has 4 nitrogen and oxygen atoms in total. The lowest BCUT2D eigenvalue weighted by Crippen LogP contribution is -2.26. The highest BCUT2D eigenvalue weighted by molar-refractivity contribution is 7.89. The summed E-state index contributed by atoms with van der Waals surface area (Å²) >= 11 is 7.27. The van der Waals surface area contributed by atoms with E-state index in [1.54, 1.807) is 18.2 Å². The number of thiophene rings is 1. The first-order valence-corrected chi connectivity index (χ1v) is 8.66. The molecule has 0 saturated carbocycles. The van der Waals surface area contributed by atoms with Gasteiger partial charge >= 0.3 is 0 Å². The molecule has 108 valence electrons. The minimum absolute atomic E-state index is 0.185. The Morgan fingerprint density at radius 2 is 2.05 bits per heavy atom. The van der Waals surface area contributed by atoms with Crippen molar-refractivity contribution in [2.75, 3.05) is 12.3 Å². The Balaban J connectivity index is 2.02. The first-order valence-electron chi connectivity index (χ1n) is 5.98. The number of benzene rings is 1. The van der Waals surface area contributed by atoms with E-state index in [9.17, 15) is 8.42 Å². The summed E-state index contributed by atoms with van der Waals surface area (Å²) in [5, 5.41) is 0. The van der Waals surface area contributed by atoms with Gasteiger partial charge in [-0.25, -0.2) is 13.1 Å². The molecule has 0 radical (unpaired) electrons. The topological polar surface area (TPSA) is 72.2 Å². The van der Waals surface area contributed by atoms with E-state index in [0.29, 0.717) is 23.0 Å². The Kier molecular flexibility index (Phi) is 4.70. The second-order valence-electron chi connectivity index (χ2n) is 4.37. The molecule has 0 fully saturated rings. The smallest absolute Gasteiger partial charge is 0.240 e. The molecule has 1 aromatic carbocycles. The van der Waals surface area contributed by atoms with Crippen molar-refractivity contribution in [1.82, 2.24) is 4.72 Å². The molecule has 0 spiro atoms. The molecule has 1 heterocycles. The maximum Gasteiger partial charge on any atom is 0.240 e. The van der Waals surface area contributed by atoms with Gasteiger partial charge in [-0.2, -0.15) is 0 Å². The summed E-state index contributed by atoms with van der Waals surface area (Å²) in [6, 6.07) is 8.42. The van der Waals surface area contributed by atoms with E-state index in [4.69, 9.17) is 17.3 Å². The zero-order chi connectivity index (χ0) is 14.8. The quantitative estimate of drug-likeness (QED) is 0.828. The van der Waals surface area contributed by atoms with Gasteiger partial charge in [-0.1, -0.05) is 17.7 Å². The number of hydrogen-bond donors (Lipinski definition) is 2. The number of anilines is 1. The average molecular weight is 331 g/mol. The summed E-state index contributed by atoms with van der Waals surface area (Å²) in [6.45, 7) is 2.16. The Morgan fingerprint density at radius 1 is 1.30 bits per heavy atom. The molecule has 2 rings (SSSR count). The molecule has 0 unspecified atom stereocenters. The molecular formula is C13H15ClN2O2S2. The first kappa shape index (κ1) is 15.3. The lowest BCUT2D eigenvalue weighted by atomic mass is 10.2. The zero-order valence-electron chi connectivity index (χ0n) is 10.9. The maximum absolute atomic E-state index is 12.1. The minimum Gasteiger partial charge on any atom is -0.398 e. The average Bonchev–Trinajstić information content (AvgIpc) is 2.78. The van der Waals surface area contributed by atoms with Crippen molar-refractivity contribution >= 4 is 38.6 Å². The molecule has 2 aromatic rings. The van der Waals surface area contributed by atoms with Crippen LogP contribution in [0.1, 0.15) is 10.4 Å². The highest BCUT2D eigenvalue weighted by Gasteiger charge is 2.14. The zero-order valence-corrected chi connectivity index (χ0v) is 13.3. The second kappa shape index (κ2) is 6.13. The molecule has 0 saturated heterocycles. The van der Waals surface area contributed by atoms with E-state index in [1.165, 1.54) is 17.4 Å². The summed E-state index contributed by atoms with van der Waals surface area (Å²) in [5.74, 6) is 0. The number of aryl methyl sites for hydroxylation is 1. The lowest BCUT2D eigenvalue weighted by molar-refractivity contribution is 0.582. The lowest BCUT2D eigenvalue weighted by Gasteiger charge is -2.08. The van der Waals surface area contributed by atoms with E-state index >= 15 is 0 Å². The van der Waals surface area contributed by atoms with Crippen molar-refractivity contribution in [2.24, 2.45) is 0 Å². The molecule has 20 heavy (non-hydrogen) atoms. The Morgan fingerprint density at radius 3 is 2.65 bits per heavy atom. The van der Waals surface area contributed by atoms with Crippen molar-refractivity contribution < 1.29 is 8.42 Å². The number of halogens is 1. The largest absolute Gasteiger partial charge is 0.398 e. The van der Waals surface area contributed by atoms with E-state index in [-0.39, 0.29) is 4.90 Å². The van der Waals surface area contributed by atoms with Crippen LogP contribution >= 0.6 is 22.9 Å². The maximum atomic E-state index is 12.1. The number of nitrogens with two attached hydrogens (primary N) is 1. The fraction of sp³-hybridized carbons (Fsp3) is 0.231. The van der Waals surface area contributed by atoms with Gasteiger partial charge < -0.3 is 5.73 Å². The van der Waals surface area contributed by atoms with Gasteiger partial charge in [0.15, 0.2) is 0 Å². The highest BCUT2D eigenvalue weighted by Crippen LogP contribution is 2.22. The van der Waals surface area contributed by atoms with Crippen LogP contribution in [0.3, 0.4) is 0 Å². The van der Waals surface area contributed by atoms with Gasteiger partial charge in [-0.3, -0.25) is 0 Å². The Labute approximate surface area is 127 Å². The second-order valence-corrected chi connectivity index (χ2v) is 7.94. The standard InChI is InChI=1S/C13H15ClN2O2S2/c1-9-2-4-11(8-12(9)15)20(17,18)16-7-6-10-3-5-13(14)19-10/h2-5,8,16H,6-7,15H2,1H3. The van der Waals surface area contributed by atoms with Crippen molar-refractivity contribution in [3.05, 3.63) is 45.1 Å². The SMILES string of the molecule is Cc1ccc(S(=O)(=O)NCCc2ccc(Cl)s2)cc1N. The molecule has 3 N–H and O–H groups in total. The third-order valence-corrected chi connectivity index (χ3v) is 5.60. The van der Waals surface area contributed by atoms with E-state index < -0.39 is 10.0 Å². The predicted octanol–water partition coefficient (Wildman–Crippen LogP) is 2.81. The minimum atomic E-state index is -3.52. The normalized spacial score (nSPS) is 11.7. The number of nitrogen functional groups attached to an aromatic ring is 1. The number of rotatable bonds is 5. The molecule has 0 aliphatic heterocycles. The fourth-order valence-corrected chi connectivity index (χ4v) is 3.82. The van der Waals surface area contributed by atoms with Gasteiger partial charge in [0.1, 0.15) is 0 Å². The number of nitrogens with one attached hydrogen (secondary N) is 1. The van der Waals surface area contributed by atoms with Crippen LogP contribution in [0.5, 0.6) is 0 Å². The van der Waals surface area contributed by atoms with Crippen LogP contribution in [-0.4, -0.2) is 15.0 Å². The molecule has 7 heteroatoms. The Hall–Kier alpha value is -1.08. The molecule has 0 atom stereocenters. The first-order chi connectivity index (χ1) is 9.38. The summed E-state index contributed by atoms with van der Waals surface area (Å²) in [6.07, 6.45) is 0.609. The molecule has 0 bridgehead atoms. The summed E-state index contributed by atoms with van der Waals surface area (Å²) < 4.78 is 27.5. The highest BCUT2D eigenvalue weighted by atomic mass is 35.5. The van der Waals surface area contributed by atoms with Crippen molar-refractivity contribution in [2.45, 2.75) is 18.2 Å². The van der Waals surface area contributed by atoms with Crippen LogP contribution in [-0.2, 0) is 16.4 Å². The van der Waals surface area contributed by atoms with E-state index in [0.717, 1.165) is 10.4 Å². The van der Waals surface area contributed by atoms with Gasteiger partial charge in [-0.15, -0.1) is 11.3 Å². The van der Waals surface area contributed by atoms with Gasteiger partial charge in [-0.05, 0) is 43.2 Å². The van der Waals surface area contributed by atoms with Gasteiger partial charge in [0.05, 0.1) is 9.23 Å². The van der Waals surface area contributed by atoms with Crippen LogP contribution in [0, 0.1) is 6.92 Å². The molecule has 0 amide bonds. The molecular weight excluding hydrogens is 316 g/mol. The summed E-state index contributed by atoms with van der Waals surface area (Å²) in [7, 11) is -3.52. The Bertz CT molecular complexity index is 711. The van der Waals surface area contributed by atoms with Crippen molar-refractivity contribution in [3.63, 3.8) is 0 Å². The summed E-state index contributed by atoms with van der Waals surface area (Å²) in [5.41, 5.74) is 7.06. The van der Waals surface area contributed by atoms with Crippen LogP contribution in [0.15, 0.2) is 35.2 Å². The predicted molar refractivity (Wildman–Crippen MR) is 83.8 cm³/mol. The van der Waals surface area contributed by atoms with E-state index in [1.807, 2.05) is 13.0 Å². The third-order valence-electron chi connectivity index (χ3n) is 2.85. The van der Waals surface area contributed by atoms with Crippen LogP contribution < -0.4 is 10.5 Å². The van der Waals surface area contributed by atoms with Crippen molar-refractivity contribution in [1.29, 1.82) is 0 Å². The van der Waals surface area contributed by atoms with Crippen LogP contribution in [0.2, 0.25) is 4.34 Å². The van der Waals surface area contributed by atoms with Gasteiger partial charge in [0, 0.05) is 17.1 Å². The van der Waals surface area contributed by atoms with Gasteiger partial charge in [0.2, 0.25) is 10.0 Å². The molecule has 1 aromatic heterocycles.